The molecule has 1 aliphatic heterocycles. The average Bonchev–Trinajstić information content (AvgIpc) is 2.97. The van der Waals surface area contributed by atoms with Gasteiger partial charge < -0.3 is 5.32 Å². The Hall–Kier alpha value is -1.55. The smallest absolute Gasteiger partial charge is 0.270 e. The molecule has 0 radical (unpaired) electrons. The number of benzene rings is 1. The molecule has 0 bridgehead atoms. The lowest BCUT2D eigenvalue weighted by atomic mass is 10.1. The van der Waals surface area contributed by atoms with Crippen LogP contribution in [0.15, 0.2) is 36.5 Å². The van der Waals surface area contributed by atoms with E-state index in [0.29, 0.717) is 10.9 Å². The molecule has 1 N–H and O–H groups in total. The summed E-state index contributed by atoms with van der Waals surface area (Å²) < 4.78 is 0. The summed E-state index contributed by atoms with van der Waals surface area (Å²) in [6.45, 7) is 0.744. The molecule has 1 saturated heterocycles. The minimum atomic E-state index is -0.0655. The van der Waals surface area contributed by atoms with Crippen molar-refractivity contribution in [1.29, 1.82) is 0 Å². The zero-order chi connectivity index (χ0) is 13.1. The molecule has 98 valence electrons. The summed E-state index contributed by atoms with van der Waals surface area (Å²) in [5.41, 5.74) is 0.529. The van der Waals surface area contributed by atoms with E-state index in [1.807, 2.05) is 42.1 Å². The minimum absolute atomic E-state index is 0.0655. The second-order valence-corrected chi connectivity index (χ2v) is 6.13. The molecule has 0 saturated carbocycles. The fourth-order valence-corrected chi connectivity index (χ4v) is 3.60. The number of hydrogen-bond acceptors (Lipinski definition) is 3. The third kappa shape index (κ3) is 2.73. The highest BCUT2D eigenvalue weighted by Gasteiger charge is 2.17. The molecule has 19 heavy (non-hydrogen) atoms. The highest BCUT2D eigenvalue weighted by Crippen LogP contribution is 2.25. The quantitative estimate of drug-likeness (QED) is 0.934. The van der Waals surface area contributed by atoms with E-state index in [0.717, 1.165) is 17.3 Å². The number of pyridine rings is 1. The summed E-state index contributed by atoms with van der Waals surface area (Å²) in [6, 6.07) is 9.79. The lowest BCUT2D eigenvalue weighted by molar-refractivity contribution is 0.0950. The van der Waals surface area contributed by atoms with Gasteiger partial charge in [-0.15, -0.1) is 0 Å². The topological polar surface area (TPSA) is 42.0 Å². The van der Waals surface area contributed by atoms with Crippen molar-refractivity contribution in [2.24, 2.45) is 0 Å². The van der Waals surface area contributed by atoms with Gasteiger partial charge in [0.05, 0.1) is 0 Å². The Labute approximate surface area is 116 Å². The van der Waals surface area contributed by atoms with E-state index < -0.39 is 0 Å². The number of rotatable bonds is 3. The SMILES string of the molecule is O=C(NCC1CCCS1)c1nccc2ccccc12. The van der Waals surface area contributed by atoms with E-state index in [2.05, 4.69) is 10.3 Å². The fraction of sp³-hybridized carbons (Fsp3) is 0.333. The van der Waals surface area contributed by atoms with Gasteiger partial charge in [-0.3, -0.25) is 9.78 Å². The predicted octanol–water partition coefficient (Wildman–Crippen LogP) is 2.86. The van der Waals surface area contributed by atoms with Crippen molar-refractivity contribution in [3.8, 4) is 0 Å². The van der Waals surface area contributed by atoms with Crippen LogP contribution in [0.1, 0.15) is 23.3 Å². The van der Waals surface area contributed by atoms with Crippen molar-refractivity contribution < 1.29 is 4.79 Å². The van der Waals surface area contributed by atoms with Gasteiger partial charge in [0.15, 0.2) is 0 Å². The fourth-order valence-electron chi connectivity index (χ4n) is 2.40. The van der Waals surface area contributed by atoms with Gasteiger partial charge in [-0.25, -0.2) is 0 Å². The first-order valence-corrected chi connectivity index (χ1v) is 7.63. The molecule has 2 heterocycles. The first-order chi connectivity index (χ1) is 9.34. The molecule has 1 atom stereocenters. The van der Waals surface area contributed by atoms with Crippen LogP contribution in [0.3, 0.4) is 0 Å². The maximum atomic E-state index is 12.2. The molecule has 0 spiro atoms. The average molecular weight is 272 g/mol. The second kappa shape index (κ2) is 5.61. The number of nitrogens with zero attached hydrogens (tertiary/aromatic N) is 1. The van der Waals surface area contributed by atoms with Crippen LogP contribution in [0.25, 0.3) is 10.8 Å². The zero-order valence-corrected chi connectivity index (χ0v) is 11.5. The summed E-state index contributed by atoms with van der Waals surface area (Å²) in [7, 11) is 0. The first-order valence-electron chi connectivity index (χ1n) is 6.58. The van der Waals surface area contributed by atoms with Gasteiger partial charge in [0.1, 0.15) is 5.69 Å². The first kappa shape index (κ1) is 12.5. The Bertz CT molecular complexity index is 588. The molecule has 1 aromatic heterocycles. The number of aromatic nitrogens is 1. The molecule has 3 nitrogen and oxygen atoms in total. The minimum Gasteiger partial charge on any atom is -0.350 e. The summed E-state index contributed by atoms with van der Waals surface area (Å²) in [5, 5.41) is 5.55. The van der Waals surface area contributed by atoms with E-state index >= 15 is 0 Å². The molecule has 1 aromatic carbocycles. The Morgan fingerprint density at radius 1 is 1.37 bits per heavy atom. The van der Waals surface area contributed by atoms with Crippen LogP contribution in [0.2, 0.25) is 0 Å². The molecule has 1 fully saturated rings. The molecule has 3 rings (SSSR count). The largest absolute Gasteiger partial charge is 0.350 e. The van der Waals surface area contributed by atoms with E-state index in [-0.39, 0.29) is 5.91 Å². The van der Waals surface area contributed by atoms with Crippen molar-refractivity contribution in [2.45, 2.75) is 18.1 Å². The van der Waals surface area contributed by atoms with Gasteiger partial charge in [0.2, 0.25) is 0 Å². The van der Waals surface area contributed by atoms with Crippen LogP contribution in [-0.2, 0) is 0 Å². The Balaban J connectivity index is 1.77. The van der Waals surface area contributed by atoms with Gasteiger partial charge in [0, 0.05) is 23.4 Å². The van der Waals surface area contributed by atoms with Gasteiger partial charge in [-0.2, -0.15) is 11.8 Å². The maximum Gasteiger partial charge on any atom is 0.270 e. The van der Waals surface area contributed by atoms with Crippen molar-refractivity contribution in [3.63, 3.8) is 0 Å². The molecule has 0 aliphatic carbocycles. The Morgan fingerprint density at radius 2 is 2.26 bits per heavy atom. The molecular weight excluding hydrogens is 256 g/mol. The summed E-state index contributed by atoms with van der Waals surface area (Å²) in [6.07, 6.45) is 4.16. The maximum absolute atomic E-state index is 12.2. The van der Waals surface area contributed by atoms with Crippen LogP contribution in [-0.4, -0.2) is 28.4 Å². The summed E-state index contributed by atoms with van der Waals surface area (Å²) >= 11 is 1.95. The number of thioether (sulfide) groups is 1. The van der Waals surface area contributed by atoms with E-state index in [1.165, 1.54) is 18.6 Å². The molecule has 1 unspecified atom stereocenters. The van der Waals surface area contributed by atoms with Gasteiger partial charge in [-0.1, -0.05) is 24.3 Å². The highest BCUT2D eigenvalue weighted by atomic mass is 32.2. The van der Waals surface area contributed by atoms with Crippen molar-refractivity contribution in [2.75, 3.05) is 12.3 Å². The molecular formula is C15H16N2OS. The zero-order valence-electron chi connectivity index (χ0n) is 10.6. The summed E-state index contributed by atoms with van der Waals surface area (Å²) in [4.78, 5) is 16.5. The van der Waals surface area contributed by atoms with Crippen molar-refractivity contribution in [3.05, 3.63) is 42.2 Å². The van der Waals surface area contributed by atoms with Crippen LogP contribution in [0.4, 0.5) is 0 Å². The van der Waals surface area contributed by atoms with Crippen molar-refractivity contribution >= 4 is 28.4 Å². The Kier molecular flexibility index (Phi) is 3.69. The number of fused-ring (bicyclic) bond motifs is 1. The number of hydrogen-bond donors (Lipinski definition) is 1. The second-order valence-electron chi connectivity index (χ2n) is 4.73. The number of nitrogens with one attached hydrogen (secondary N) is 1. The monoisotopic (exact) mass is 272 g/mol. The molecule has 1 aliphatic rings. The van der Waals surface area contributed by atoms with Crippen LogP contribution >= 0.6 is 11.8 Å². The van der Waals surface area contributed by atoms with E-state index in [4.69, 9.17) is 0 Å². The Morgan fingerprint density at radius 3 is 3.11 bits per heavy atom. The van der Waals surface area contributed by atoms with Crippen molar-refractivity contribution in [1.82, 2.24) is 10.3 Å². The molecule has 1 amide bonds. The number of carbonyl (C=O) groups is 1. The van der Waals surface area contributed by atoms with Gasteiger partial charge in [-0.05, 0) is 30.0 Å². The van der Waals surface area contributed by atoms with E-state index in [9.17, 15) is 4.79 Å². The van der Waals surface area contributed by atoms with Gasteiger partial charge in [0.25, 0.3) is 5.91 Å². The van der Waals surface area contributed by atoms with E-state index in [1.54, 1.807) is 6.20 Å². The third-order valence-corrected chi connectivity index (χ3v) is 4.80. The van der Waals surface area contributed by atoms with Gasteiger partial charge >= 0.3 is 0 Å². The third-order valence-electron chi connectivity index (χ3n) is 3.40. The standard InChI is InChI=1S/C15H16N2OS/c18-15(17-10-12-5-3-9-19-12)14-13-6-2-1-4-11(13)7-8-16-14/h1-2,4,6-8,12H,3,5,9-10H2,(H,17,18). The van der Waals surface area contributed by atoms with Crippen LogP contribution < -0.4 is 5.32 Å². The summed E-state index contributed by atoms with van der Waals surface area (Å²) in [5.74, 6) is 1.15. The molecule has 4 heteroatoms. The number of carbonyl (C=O) groups excluding carboxylic acids is 1. The predicted molar refractivity (Wildman–Crippen MR) is 79.6 cm³/mol. The lowest BCUT2D eigenvalue weighted by Gasteiger charge is -2.10. The lowest BCUT2D eigenvalue weighted by Crippen LogP contribution is -2.30. The van der Waals surface area contributed by atoms with Crippen LogP contribution in [0, 0.1) is 0 Å². The normalized spacial score (nSPS) is 18.6. The van der Waals surface area contributed by atoms with Crippen LogP contribution in [0.5, 0.6) is 0 Å². The molecule has 2 aromatic rings. The highest BCUT2D eigenvalue weighted by molar-refractivity contribution is 8.00. The number of amides is 1.